The zero-order valence-electron chi connectivity index (χ0n) is 11.8. The summed E-state index contributed by atoms with van der Waals surface area (Å²) in [7, 11) is 0. The van der Waals surface area contributed by atoms with Crippen molar-refractivity contribution in [3.63, 3.8) is 0 Å². The molecular formula is C14H24N2O2. The van der Waals surface area contributed by atoms with Gasteiger partial charge in [0.05, 0.1) is 0 Å². The number of carbonyl (C=O) groups is 2. The van der Waals surface area contributed by atoms with Gasteiger partial charge in [-0.05, 0) is 44.9 Å². The van der Waals surface area contributed by atoms with Crippen LogP contribution in [0.3, 0.4) is 0 Å². The highest BCUT2D eigenvalue weighted by atomic mass is 16.2. The van der Waals surface area contributed by atoms with Crippen molar-refractivity contribution in [2.45, 2.75) is 65.1 Å². The minimum absolute atomic E-state index is 0.0204. The van der Waals surface area contributed by atoms with E-state index in [1.807, 2.05) is 11.8 Å². The van der Waals surface area contributed by atoms with Crippen LogP contribution in [0.15, 0.2) is 0 Å². The minimum Gasteiger partial charge on any atom is -0.343 e. The van der Waals surface area contributed by atoms with Crippen LogP contribution in [0.5, 0.6) is 0 Å². The van der Waals surface area contributed by atoms with Gasteiger partial charge in [0.25, 0.3) is 0 Å². The molecule has 0 radical (unpaired) electrons. The van der Waals surface area contributed by atoms with Crippen LogP contribution in [0.4, 0.5) is 0 Å². The Bertz CT molecular complexity index is 346. The normalized spacial score (nSPS) is 41.8. The van der Waals surface area contributed by atoms with Crippen LogP contribution in [0, 0.1) is 11.8 Å². The summed E-state index contributed by atoms with van der Waals surface area (Å²) in [4.78, 5) is 26.0. The lowest BCUT2D eigenvalue weighted by Crippen LogP contribution is -2.64. The summed E-state index contributed by atoms with van der Waals surface area (Å²) in [5.74, 6) is 1.33. The van der Waals surface area contributed by atoms with Crippen molar-refractivity contribution >= 4 is 11.8 Å². The maximum Gasteiger partial charge on any atom is 0.245 e. The predicted molar refractivity (Wildman–Crippen MR) is 69.9 cm³/mol. The molecule has 18 heavy (non-hydrogen) atoms. The minimum atomic E-state index is -0.374. The Morgan fingerprint density at radius 3 is 2.11 bits per heavy atom. The van der Waals surface area contributed by atoms with Crippen molar-refractivity contribution < 1.29 is 9.59 Å². The number of piperazine rings is 1. The molecule has 1 aliphatic heterocycles. The second kappa shape index (κ2) is 4.90. The van der Waals surface area contributed by atoms with E-state index in [4.69, 9.17) is 0 Å². The first-order chi connectivity index (χ1) is 8.40. The first-order valence-corrected chi connectivity index (χ1v) is 7.02. The Balaban J connectivity index is 2.18. The molecule has 4 unspecified atom stereocenters. The lowest BCUT2D eigenvalue weighted by Gasteiger charge is -2.45. The van der Waals surface area contributed by atoms with Crippen LogP contribution in [0.25, 0.3) is 0 Å². The lowest BCUT2D eigenvalue weighted by molar-refractivity contribution is -0.152. The summed E-state index contributed by atoms with van der Waals surface area (Å²) >= 11 is 0. The third-order valence-electron chi connectivity index (χ3n) is 4.33. The molecule has 2 rings (SSSR count). The first kappa shape index (κ1) is 13.4. The summed E-state index contributed by atoms with van der Waals surface area (Å²) in [6, 6.07) is -0.461. The number of rotatable bonds is 1. The van der Waals surface area contributed by atoms with E-state index in [9.17, 15) is 9.59 Å². The van der Waals surface area contributed by atoms with E-state index in [0.29, 0.717) is 11.8 Å². The van der Waals surface area contributed by atoms with Gasteiger partial charge in [-0.2, -0.15) is 0 Å². The van der Waals surface area contributed by atoms with Crippen molar-refractivity contribution in [2.24, 2.45) is 11.8 Å². The second-order valence-corrected chi connectivity index (χ2v) is 6.22. The smallest absolute Gasteiger partial charge is 0.245 e. The molecular weight excluding hydrogens is 228 g/mol. The zero-order chi connectivity index (χ0) is 13.4. The Kier molecular flexibility index (Phi) is 3.64. The number of hydrogen-bond acceptors (Lipinski definition) is 2. The van der Waals surface area contributed by atoms with Gasteiger partial charge in [0.1, 0.15) is 12.1 Å². The maximum atomic E-state index is 12.3. The highest BCUT2D eigenvalue weighted by Gasteiger charge is 2.41. The molecule has 4 heteroatoms. The molecule has 4 nitrogen and oxygen atoms in total. The van der Waals surface area contributed by atoms with E-state index >= 15 is 0 Å². The van der Waals surface area contributed by atoms with E-state index < -0.39 is 0 Å². The van der Waals surface area contributed by atoms with E-state index in [0.717, 1.165) is 12.8 Å². The SMILES string of the molecule is CC1CC(C)CC(N2C(=O)C(C)NC(=O)C2C)C1. The summed E-state index contributed by atoms with van der Waals surface area (Å²) < 4.78 is 0. The van der Waals surface area contributed by atoms with Crippen molar-refractivity contribution in [1.29, 1.82) is 0 Å². The number of amides is 2. The van der Waals surface area contributed by atoms with Gasteiger partial charge in [0.15, 0.2) is 0 Å². The van der Waals surface area contributed by atoms with Crippen LogP contribution in [0.1, 0.15) is 47.0 Å². The standard InChI is InChI=1S/C14H24N2O2/c1-8-5-9(2)7-12(6-8)16-11(4)13(17)15-10(3)14(16)18/h8-12H,5-7H2,1-4H3,(H,15,17). The average molecular weight is 252 g/mol. The lowest BCUT2D eigenvalue weighted by atomic mass is 9.79. The molecule has 1 aliphatic carbocycles. The van der Waals surface area contributed by atoms with Gasteiger partial charge in [-0.15, -0.1) is 0 Å². The monoisotopic (exact) mass is 252 g/mol. The molecule has 2 amide bonds. The molecule has 0 spiro atoms. The fourth-order valence-corrected chi connectivity index (χ4v) is 3.56. The molecule has 2 aliphatic rings. The van der Waals surface area contributed by atoms with Crippen molar-refractivity contribution in [3.8, 4) is 0 Å². The number of nitrogens with one attached hydrogen (secondary N) is 1. The molecule has 2 fully saturated rings. The molecule has 0 aromatic rings. The molecule has 102 valence electrons. The van der Waals surface area contributed by atoms with Crippen molar-refractivity contribution in [2.75, 3.05) is 0 Å². The Hall–Kier alpha value is -1.06. The fourth-order valence-electron chi connectivity index (χ4n) is 3.56. The van der Waals surface area contributed by atoms with E-state index in [-0.39, 0.29) is 29.9 Å². The van der Waals surface area contributed by atoms with Gasteiger partial charge in [-0.25, -0.2) is 0 Å². The van der Waals surface area contributed by atoms with Crippen molar-refractivity contribution in [1.82, 2.24) is 10.2 Å². The summed E-state index contributed by atoms with van der Waals surface area (Å²) in [6.07, 6.45) is 3.29. The van der Waals surface area contributed by atoms with E-state index in [2.05, 4.69) is 19.2 Å². The van der Waals surface area contributed by atoms with Gasteiger partial charge in [-0.3, -0.25) is 9.59 Å². The van der Waals surface area contributed by atoms with Gasteiger partial charge < -0.3 is 10.2 Å². The third kappa shape index (κ3) is 2.38. The topological polar surface area (TPSA) is 49.4 Å². The second-order valence-electron chi connectivity index (χ2n) is 6.22. The predicted octanol–water partition coefficient (Wildman–Crippen LogP) is 1.55. The molecule has 0 aromatic heterocycles. The summed E-state index contributed by atoms with van der Waals surface area (Å²) in [5, 5.41) is 2.74. The Morgan fingerprint density at radius 2 is 1.56 bits per heavy atom. The maximum absolute atomic E-state index is 12.3. The number of carbonyl (C=O) groups excluding carboxylic acids is 2. The zero-order valence-corrected chi connectivity index (χ0v) is 11.8. The van der Waals surface area contributed by atoms with Gasteiger partial charge in [0.2, 0.25) is 11.8 Å². The summed E-state index contributed by atoms with van der Waals surface area (Å²) in [5.41, 5.74) is 0. The van der Waals surface area contributed by atoms with E-state index in [1.165, 1.54) is 6.42 Å². The fraction of sp³-hybridized carbons (Fsp3) is 0.857. The van der Waals surface area contributed by atoms with Crippen LogP contribution >= 0.6 is 0 Å². The van der Waals surface area contributed by atoms with Crippen LogP contribution < -0.4 is 5.32 Å². The molecule has 1 saturated heterocycles. The molecule has 1 saturated carbocycles. The van der Waals surface area contributed by atoms with Gasteiger partial charge >= 0.3 is 0 Å². The first-order valence-electron chi connectivity index (χ1n) is 7.02. The molecule has 4 atom stereocenters. The Morgan fingerprint density at radius 1 is 1.00 bits per heavy atom. The highest BCUT2D eigenvalue weighted by molar-refractivity contribution is 5.96. The van der Waals surface area contributed by atoms with Crippen LogP contribution in [-0.2, 0) is 9.59 Å². The molecule has 1 N–H and O–H groups in total. The average Bonchev–Trinajstić information content (AvgIpc) is 2.25. The number of nitrogens with zero attached hydrogens (tertiary/aromatic N) is 1. The number of hydrogen-bond donors (Lipinski definition) is 1. The molecule has 0 aromatic carbocycles. The van der Waals surface area contributed by atoms with E-state index in [1.54, 1.807) is 6.92 Å². The van der Waals surface area contributed by atoms with Crippen LogP contribution in [-0.4, -0.2) is 34.8 Å². The van der Waals surface area contributed by atoms with Crippen molar-refractivity contribution in [3.05, 3.63) is 0 Å². The Labute approximate surface area is 109 Å². The largest absolute Gasteiger partial charge is 0.343 e. The highest BCUT2D eigenvalue weighted by Crippen LogP contribution is 2.33. The molecule has 1 heterocycles. The van der Waals surface area contributed by atoms with Gasteiger partial charge in [-0.1, -0.05) is 13.8 Å². The van der Waals surface area contributed by atoms with Gasteiger partial charge in [0, 0.05) is 6.04 Å². The quantitative estimate of drug-likeness (QED) is 0.769. The van der Waals surface area contributed by atoms with Crippen LogP contribution in [0.2, 0.25) is 0 Å². The molecule has 0 bridgehead atoms. The third-order valence-corrected chi connectivity index (χ3v) is 4.33. The summed E-state index contributed by atoms with van der Waals surface area (Å²) in [6.45, 7) is 8.09.